The minimum absolute atomic E-state index is 0.190. The topological polar surface area (TPSA) is 109 Å². The van der Waals surface area contributed by atoms with E-state index in [1.807, 2.05) is 64.2 Å². The number of carbonyl (C=O) groups is 1. The van der Waals surface area contributed by atoms with Gasteiger partial charge in [-0.2, -0.15) is 0 Å². The van der Waals surface area contributed by atoms with E-state index in [1.54, 1.807) is 0 Å². The average Bonchev–Trinajstić information content (AvgIpc) is 3.05. The number of Topliss-reactive ketones (excluding diaryl/α,β-unsaturated/α-hetero) is 1. The largest absolute Gasteiger partial charge is 0.403 e. The maximum absolute atomic E-state index is 13.2. The zero-order chi connectivity index (χ0) is 24.4. The Kier molecular flexibility index (Phi) is 7.54. The first-order valence-electron chi connectivity index (χ1n) is 10.9. The van der Waals surface area contributed by atoms with Gasteiger partial charge in [-0.25, -0.2) is 9.36 Å². The van der Waals surface area contributed by atoms with Crippen molar-refractivity contribution in [2.24, 2.45) is 0 Å². The Balaban J connectivity index is 1.89. The monoisotopic (exact) mass is 476 g/mol. The van der Waals surface area contributed by atoms with Gasteiger partial charge in [-0.15, -0.1) is 0 Å². The first-order valence-corrected chi connectivity index (χ1v) is 13.8. The number of hydrogen-bond acceptors (Lipinski definition) is 7. The smallest absolute Gasteiger partial charge is 0.335 e. The fourth-order valence-corrected chi connectivity index (χ4v) is 4.48. The lowest BCUT2D eigenvalue weighted by Crippen LogP contribution is -2.49. The van der Waals surface area contributed by atoms with Crippen molar-refractivity contribution in [2.45, 2.75) is 70.7 Å². The Hall–Kier alpha value is -2.37. The highest BCUT2D eigenvalue weighted by Crippen LogP contribution is 2.40. The Morgan fingerprint density at radius 2 is 1.76 bits per heavy atom. The molecule has 3 rings (SSSR count). The lowest BCUT2D eigenvalue weighted by Gasteiger charge is -2.38. The van der Waals surface area contributed by atoms with Gasteiger partial charge >= 0.3 is 5.69 Å². The van der Waals surface area contributed by atoms with Crippen LogP contribution in [0.1, 0.15) is 32.6 Å². The zero-order valence-electron chi connectivity index (χ0n) is 19.7. The van der Waals surface area contributed by atoms with Gasteiger partial charge in [-0.05, 0) is 23.7 Å². The van der Waals surface area contributed by atoms with Crippen LogP contribution in [-0.4, -0.2) is 47.2 Å². The van der Waals surface area contributed by atoms with Crippen molar-refractivity contribution in [3.05, 3.63) is 69.0 Å². The SMILES string of the molecule is CC(C)(C)[Si](C)(C)O[C@@H]1C(=O)[C@@H](CO)O[C@H]1n1ccc(=O)n(COCc2ccccc2)c1=O. The molecule has 2 heterocycles. The number of aliphatic hydroxyl groups is 1. The molecule has 0 aliphatic carbocycles. The highest BCUT2D eigenvalue weighted by molar-refractivity contribution is 6.74. The summed E-state index contributed by atoms with van der Waals surface area (Å²) in [4.78, 5) is 38.5. The van der Waals surface area contributed by atoms with Crippen molar-refractivity contribution in [2.75, 3.05) is 6.61 Å². The third-order valence-corrected chi connectivity index (χ3v) is 10.7. The third kappa shape index (κ3) is 5.41. The third-order valence-electron chi connectivity index (χ3n) is 6.26. The summed E-state index contributed by atoms with van der Waals surface area (Å²) in [5.41, 5.74) is -0.315. The van der Waals surface area contributed by atoms with E-state index in [0.717, 1.165) is 10.1 Å². The molecular formula is C23H32N2O7Si. The number of benzene rings is 1. The molecule has 180 valence electrons. The van der Waals surface area contributed by atoms with Crippen molar-refractivity contribution in [1.29, 1.82) is 0 Å². The molecule has 1 aliphatic heterocycles. The van der Waals surface area contributed by atoms with Crippen LogP contribution in [0.25, 0.3) is 0 Å². The van der Waals surface area contributed by atoms with Gasteiger partial charge in [0.1, 0.15) is 12.8 Å². The molecule has 1 saturated heterocycles. The minimum atomic E-state index is -2.42. The summed E-state index contributed by atoms with van der Waals surface area (Å²) in [6, 6.07) is 10.6. The fourth-order valence-electron chi connectivity index (χ4n) is 3.26. The highest BCUT2D eigenvalue weighted by atomic mass is 28.4. The van der Waals surface area contributed by atoms with E-state index in [1.165, 1.54) is 16.8 Å². The summed E-state index contributed by atoms with van der Waals surface area (Å²) in [5.74, 6) is -0.419. The number of aromatic nitrogens is 2. The van der Waals surface area contributed by atoms with Gasteiger partial charge < -0.3 is 19.0 Å². The van der Waals surface area contributed by atoms with Crippen LogP contribution in [0.4, 0.5) is 0 Å². The molecule has 2 aromatic rings. The molecule has 33 heavy (non-hydrogen) atoms. The van der Waals surface area contributed by atoms with Crippen LogP contribution in [0, 0.1) is 0 Å². The molecule has 0 bridgehead atoms. The number of rotatable bonds is 8. The second-order valence-corrected chi connectivity index (χ2v) is 14.4. The number of hydrogen-bond donors (Lipinski definition) is 1. The van der Waals surface area contributed by atoms with E-state index >= 15 is 0 Å². The van der Waals surface area contributed by atoms with E-state index < -0.39 is 50.4 Å². The van der Waals surface area contributed by atoms with E-state index in [4.69, 9.17) is 13.9 Å². The molecule has 0 unspecified atom stereocenters. The standard InChI is InChI=1S/C23H32N2O7Si/c1-23(2,3)33(4,5)32-20-19(28)17(13-26)31-21(20)24-12-11-18(27)25(22(24)29)15-30-14-16-9-7-6-8-10-16/h6-12,17,20-21,26H,13-15H2,1-5H3/t17-,20-,21-/m1/s1. The summed E-state index contributed by atoms with van der Waals surface area (Å²) in [6.45, 7) is 9.53. The van der Waals surface area contributed by atoms with Crippen molar-refractivity contribution in [1.82, 2.24) is 9.13 Å². The molecule has 9 nitrogen and oxygen atoms in total. The normalized spacial score (nSPS) is 21.5. The second-order valence-electron chi connectivity index (χ2n) is 9.63. The number of ether oxygens (including phenoxy) is 2. The van der Waals surface area contributed by atoms with Crippen LogP contribution in [0.5, 0.6) is 0 Å². The summed E-state index contributed by atoms with van der Waals surface area (Å²) in [7, 11) is -2.42. The van der Waals surface area contributed by atoms with E-state index in [9.17, 15) is 19.5 Å². The van der Waals surface area contributed by atoms with Gasteiger partial charge in [-0.1, -0.05) is 51.1 Å². The Morgan fingerprint density at radius 3 is 2.36 bits per heavy atom. The molecule has 1 N–H and O–H groups in total. The molecule has 3 atom stereocenters. The molecule has 0 radical (unpaired) electrons. The molecule has 0 saturated carbocycles. The first kappa shape index (κ1) is 25.3. The molecule has 0 spiro atoms. The minimum Gasteiger partial charge on any atom is -0.403 e. The van der Waals surface area contributed by atoms with E-state index in [0.29, 0.717) is 0 Å². The molecule has 10 heteroatoms. The van der Waals surface area contributed by atoms with Crippen molar-refractivity contribution in [3.8, 4) is 0 Å². The Bertz CT molecular complexity index is 1090. The van der Waals surface area contributed by atoms with Crippen molar-refractivity contribution >= 4 is 14.1 Å². The molecule has 1 aliphatic rings. The lowest BCUT2D eigenvalue weighted by atomic mass is 10.2. The van der Waals surface area contributed by atoms with Gasteiger partial charge in [0.25, 0.3) is 5.56 Å². The molecule has 1 aromatic heterocycles. The molecular weight excluding hydrogens is 444 g/mol. The fraction of sp³-hybridized carbons (Fsp3) is 0.522. The molecule has 1 fully saturated rings. The Morgan fingerprint density at radius 1 is 1.09 bits per heavy atom. The van der Waals surface area contributed by atoms with Crippen LogP contribution < -0.4 is 11.2 Å². The van der Waals surface area contributed by atoms with E-state index in [2.05, 4.69) is 0 Å². The average molecular weight is 477 g/mol. The van der Waals surface area contributed by atoms with Gasteiger partial charge in [0, 0.05) is 12.3 Å². The van der Waals surface area contributed by atoms with Crippen LogP contribution >= 0.6 is 0 Å². The summed E-state index contributed by atoms with van der Waals surface area (Å²) < 4.78 is 19.7. The lowest BCUT2D eigenvalue weighted by molar-refractivity contribution is -0.127. The van der Waals surface area contributed by atoms with E-state index in [-0.39, 0.29) is 18.4 Å². The quantitative estimate of drug-likeness (QED) is 0.581. The van der Waals surface area contributed by atoms with Crippen molar-refractivity contribution in [3.63, 3.8) is 0 Å². The van der Waals surface area contributed by atoms with Gasteiger partial charge in [0.15, 0.2) is 26.4 Å². The van der Waals surface area contributed by atoms with Crippen LogP contribution in [0.3, 0.4) is 0 Å². The number of carbonyl (C=O) groups excluding carboxylic acids is 1. The number of aliphatic hydroxyl groups excluding tert-OH is 1. The predicted molar refractivity (Wildman–Crippen MR) is 124 cm³/mol. The van der Waals surface area contributed by atoms with Crippen molar-refractivity contribution < 1.29 is 23.8 Å². The maximum Gasteiger partial charge on any atom is 0.335 e. The van der Waals surface area contributed by atoms with Crippen LogP contribution in [0.15, 0.2) is 52.2 Å². The zero-order valence-corrected chi connectivity index (χ0v) is 20.7. The maximum atomic E-state index is 13.2. The van der Waals surface area contributed by atoms with Gasteiger partial charge in [0.05, 0.1) is 13.2 Å². The highest BCUT2D eigenvalue weighted by Gasteiger charge is 2.50. The van der Waals surface area contributed by atoms with Crippen LogP contribution in [-0.2, 0) is 32.0 Å². The van der Waals surface area contributed by atoms with Gasteiger partial charge in [-0.3, -0.25) is 14.2 Å². The number of nitrogens with zero attached hydrogens (tertiary/aromatic N) is 2. The second kappa shape index (κ2) is 9.86. The number of ketones is 1. The molecule has 1 aromatic carbocycles. The summed E-state index contributed by atoms with van der Waals surface area (Å²) in [6.07, 6.45) is -1.99. The first-order chi connectivity index (χ1) is 15.5. The van der Waals surface area contributed by atoms with Gasteiger partial charge in [0.2, 0.25) is 0 Å². The molecule has 0 amide bonds. The predicted octanol–water partition coefficient (Wildman–Crippen LogP) is 2.03. The van der Waals surface area contributed by atoms with Crippen LogP contribution in [0.2, 0.25) is 18.1 Å². The Labute approximate surface area is 193 Å². The summed E-state index contributed by atoms with van der Waals surface area (Å²) in [5, 5.41) is 9.43. The summed E-state index contributed by atoms with van der Waals surface area (Å²) >= 11 is 0.